The molecule has 0 spiro atoms. The van der Waals surface area contributed by atoms with Gasteiger partial charge in [0.1, 0.15) is 5.75 Å². The van der Waals surface area contributed by atoms with E-state index in [0.29, 0.717) is 5.75 Å². The van der Waals surface area contributed by atoms with Crippen LogP contribution in [0.3, 0.4) is 0 Å². The van der Waals surface area contributed by atoms with E-state index in [9.17, 15) is 22.8 Å². The number of carbonyl (C=O) groups excluding carboxylic acids is 1. The molecule has 1 heterocycles. The van der Waals surface area contributed by atoms with Gasteiger partial charge in [-0.3, -0.25) is 9.59 Å². The number of carboxylic acid groups (broad SMARTS) is 2. The average molecular weight is 448 g/mol. The molecule has 9 nitrogen and oxygen atoms in total. The summed E-state index contributed by atoms with van der Waals surface area (Å²) < 4.78 is 42.2. The zero-order chi connectivity index (χ0) is 23.6. The van der Waals surface area contributed by atoms with Gasteiger partial charge in [-0.25, -0.2) is 4.79 Å². The van der Waals surface area contributed by atoms with Crippen LogP contribution in [0.5, 0.6) is 5.75 Å². The Bertz CT molecular complexity index is 894. The number of alkyl halides is 3. The molecule has 2 aromatic rings. The Morgan fingerprint density at radius 2 is 1.77 bits per heavy atom. The van der Waals surface area contributed by atoms with E-state index >= 15 is 0 Å². The molecule has 0 amide bonds. The number of hydrogen-bond donors (Lipinski definition) is 3. The molecule has 1 aromatic carbocycles. The zero-order valence-electron chi connectivity index (χ0n) is 16.9. The number of nitrogens with zero attached hydrogens (tertiary/aromatic N) is 1. The molecule has 172 valence electrons. The third kappa shape index (κ3) is 9.38. The second-order valence-corrected chi connectivity index (χ2v) is 6.52. The lowest BCUT2D eigenvalue weighted by Gasteiger charge is -2.11. The summed E-state index contributed by atoms with van der Waals surface area (Å²) in [5, 5.41) is 16.6. The summed E-state index contributed by atoms with van der Waals surface area (Å²) in [5.41, 5.74) is 2.09. The van der Waals surface area contributed by atoms with Gasteiger partial charge >= 0.3 is 24.1 Å². The summed E-state index contributed by atoms with van der Waals surface area (Å²) in [6.07, 6.45) is -2.67. The first-order valence-corrected chi connectivity index (χ1v) is 8.95. The summed E-state index contributed by atoms with van der Waals surface area (Å²) in [6, 6.07) is 5.64. The fourth-order valence-electron chi connectivity index (χ4n) is 2.32. The lowest BCUT2D eigenvalue weighted by atomic mass is 10.1. The number of H-pyrrole nitrogens is 1. The van der Waals surface area contributed by atoms with Crippen LogP contribution in [0.4, 0.5) is 13.2 Å². The van der Waals surface area contributed by atoms with Crippen molar-refractivity contribution in [3.63, 3.8) is 0 Å². The molecule has 0 bridgehead atoms. The normalized spacial score (nSPS) is 11.0. The van der Waals surface area contributed by atoms with Gasteiger partial charge in [0.25, 0.3) is 0 Å². The third-order valence-corrected chi connectivity index (χ3v) is 3.80. The van der Waals surface area contributed by atoms with Gasteiger partial charge in [0.15, 0.2) is 0 Å². The van der Waals surface area contributed by atoms with Gasteiger partial charge < -0.3 is 29.6 Å². The first-order valence-electron chi connectivity index (χ1n) is 8.95. The van der Waals surface area contributed by atoms with E-state index in [1.54, 1.807) is 0 Å². The molecule has 0 aliphatic heterocycles. The van der Waals surface area contributed by atoms with Gasteiger partial charge in [0.2, 0.25) is 6.79 Å². The van der Waals surface area contributed by atoms with E-state index < -0.39 is 24.1 Å². The monoisotopic (exact) mass is 448 g/mol. The van der Waals surface area contributed by atoms with Crippen LogP contribution < -0.4 is 4.74 Å². The van der Waals surface area contributed by atoms with E-state index in [1.165, 1.54) is 0 Å². The number of esters is 1. The van der Waals surface area contributed by atoms with Crippen LogP contribution in [0.15, 0.2) is 24.4 Å². The molecule has 0 fully saturated rings. The lowest BCUT2D eigenvalue weighted by Crippen LogP contribution is -2.21. The van der Waals surface area contributed by atoms with Crippen LogP contribution in [0.1, 0.15) is 18.4 Å². The molecule has 3 N–H and O–H groups in total. The van der Waals surface area contributed by atoms with E-state index in [4.69, 9.17) is 24.5 Å². The number of ether oxygens (including phenoxy) is 2. The number of rotatable bonds is 9. The van der Waals surface area contributed by atoms with Crippen LogP contribution in [-0.2, 0) is 25.5 Å². The van der Waals surface area contributed by atoms with Crippen molar-refractivity contribution < 1.29 is 47.2 Å². The fraction of sp³-hybridized carbons (Fsp3) is 0.421. The number of carboxylic acids is 2. The highest BCUT2D eigenvalue weighted by atomic mass is 19.4. The SMILES string of the molecule is CN(C)CCc1c[nH]c2cccc(OCOC(=O)CCC(=O)O)c12.O=C(O)C(F)(F)F. The third-order valence-electron chi connectivity index (χ3n) is 3.80. The molecular weight excluding hydrogens is 425 g/mol. The molecule has 0 atom stereocenters. The molecule has 0 aliphatic carbocycles. The first kappa shape index (κ1) is 25.8. The molecule has 0 saturated carbocycles. The Morgan fingerprint density at radius 3 is 2.32 bits per heavy atom. The largest absolute Gasteiger partial charge is 0.490 e. The Kier molecular flexibility index (Phi) is 9.80. The van der Waals surface area contributed by atoms with Crippen LogP contribution in [0.25, 0.3) is 10.9 Å². The van der Waals surface area contributed by atoms with Gasteiger partial charge in [-0.05, 0) is 38.2 Å². The summed E-state index contributed by atoms with van der Waals surface area (Å²) >= 11 is 0. The Hall–Kier alpha value is -3.28. The highest BCUT2D eigenvalue weighted by Gasteiger charge is 2.38. The standard InChI is InChI=1S/C17H22N2O5.C2HF3O2/c1-19(2)9-8-12-10-18-13-4-3-5-14(17(12)13)23-11-24-16(22)7-6-15(20)21;3-2(4,5)1(6)7/h3-5,10,18H,6-9,11H2,1-2H3,(H,20,21);(H,6,7). The second-order valence-electron chi connectivity index (χ2n) is 6.52. The first-order chi connectivity index (χ1) is 14.4. The Labute approximate surface area is 175 Å². The molecule has 1 aromatic heterocycles. The van der Waals surface area contributed by atoms with Gasteiger partial charge in [-0.2, -0.15) is 13.2 Å². The number of halogens is 3. The average Bonchev–Trinajstić information content (AvgIpc) is 3.08. The van der Waals surface area contributed by atoms with Gasteiger partial charge in [-0.15, -0.1) is 0 Å². The van der Waals surface area contributed by atoms with Gasteiger partial charge in [0, 0.05) is 23.6 Å². The molecule has 0 aliphatic rings. The lowest BCUT2D eigenvalue weighted by molar-refractivity contribution is -0.192. The van der Waals surface area contributed by atoms with Crippen LogP contribution in [-0.4, -0.2) is 71.6 Å². The summed E-state index contributed by atoms with van der Waals surface area (Å²) in [4.78, 5) is 36.0. The van der Waals surface area contributed by atoms with Crippen LogP contribution in [0.2, 0.25) is 0 Å². The quantitative estimate of drug-likeness (QED) is 0.394. The minimum atomic E-state index is -5.08. The molecule has 0 saturated heterocycles. The van der Waals surface area contributed by atoms with Crippen molar-refractivity contribution in [1.29, 1.82) is 0 Å². The van der Waals surface area contributed by atoms with E-state index in [1.807, 2.05) is 38.5 Å². The fourth-order valence-corrected chi connectivity index (χ4v) is 2.32. The molecule has 2 rings (SSSR count). The maximum Gasteiger partial charge on any atom is 0.490 e. The summed E-state index contributed by atoms with van der Waals surface area (Å²) in [6.45, 7) is 0.668. The minimum absolute atomic E-state index is 0.166. The van der Waals surface area contributed by atoms with Gasteiger partial charge in [0.05, 0.1) is 12.8 Å². The number of carbonyl (C=O) groups is 3. The molecule has 0 radical (unpaired) electrons. The molecule has 31 heavy (non-hydrogen) atoms. The van der Waals surface area contributed by atoms with Crippen molar-refractivity contribution in [1.82, 2.24) is 9.88 Å². The highest BCUT2D eigenvalue weighted by Crippen LogP contribution is 2.29. The maximum atomic E-state index is 11.4. The number of fused-ring (bicyclic) bond motifs is 1. The Balaban J connectivity index is 0.000000592. The van der Waals surface area contributed by atoms with Crippen molar-refractivity contribution >= 4 is 28.8 Å². The number of hydrogen-bond acceptors (Lipinski definition) is 6. The van der Waals surface area contributed by atoms with E-state index in [2.05, 4.69) is 9.88 Å². The van der Waals surface area contributed by atoms with Crippen molar-refractivity contribution in [3.8, 4) is 5.75 Å². The van der Waals surface area contributed by atoms with Crippen LogP contribution >= 0.6 is 0 Å². The van der Waals surface area contributed by atoms with Crippen molar-refractivity contribution in [3.05, 3.63) is 30.0 Å². The highest BCUT2D eigenvalue weighted by molar-refractivity contribution is 5.89. The number of benzene rings is 1. The topological polar surface area (TPSA) is 129 Å². The van der Waals surface area contributed by atoms with Gasteiger partial charge in [-0.1, -0.05) is 6.07 Å². The van der Waals surface area contributed by atoms with E-state index in [-0.39, 0.29) is 19.6 Å². The number of likely N-dealkylation sites (N-methyl/N-ethyl adjacent to an activating group) is 1. The number of aromatic nitrogens is 1. The smallest absolute Gasteiger partial charge is 0.481 e. The number of aromatic amines is 1. The van der Waals surface area contributed by atoms with Crippen LogP contribution in [0, 0.1) is 0 Å². The summed E-state index contributed by atoms with van der Waals surface area (Å²) in [5.74, 6) is -3.75. The maximum absolute atomic E-state index is 11.4. The van der Waals surface area contributed by atoms with Crippen molar-refractivity contribution in [2.24, 2.45) is 0 Å². The molecular formula is C19H23F3N2O7. The van der Waals surface area contributed by atoms with Crippen molar-refractivity contribution in [2.75, 3.05) is 27.4 Å². The zero-order valence-corrected chi connectivity index (χ0v) is 16.9. The predicted molar refractivity (Wildman–Crippen MR) is 103 cm³/mol. The van der Waals surface area contributed by atoms with Crippen molar-refractivity contribution in [2.45, 2.75) is 25.4 Å². The molecule has 0 unspecified atom stereocenters. The number of nitrogens with one attached hydrogen (secondary N) is 1. The van der Waals surface area contributed by atoms with E-state index in [0.717, 1.165) is 29.4 Å². The minimum Gasteiger partial charge on any atom is -0.481 e. The summed E-state index contributed by atoms with van der Waals surface area (Å²) in [7, 11) is 4.03. The Morgan fingerprint density at radius 1 is 1.13 bits per heavy atom. The second kappa shape index (κ2) is 11.8. The predicted octanol–water partition coefficient (Wildman–Crippen LogP) is 2.65. The molecule has 12 heteroatoms. The number of aliphatic carboxylic acids is 2.